The van der Waals surface area contributed by atoms with E-state index in [2.05, 4.69) is 5.32 Å². The van der Waals surface area contributed by atoms with Crippen molar-refractivity contribution in [3.8, 4) is 0 Å². The van der Waals surface area contributed by atoms with Crippen LogP contribution in [0.15, 0.2) is 23.1 Å². The Balaban J connectivity index is 2.00. The van der Waals surface area contributed by atoms with Gasteiger partial charge in [-0.15, -0.1) is 0 Å². The van der Waals surface area contributed by atoms with Crippen LogP contribution in [-0.4, -0.2) is 47.5 Å². The summed E-state index contributed by atoms with van der Waals surface area (Å²) in [7, 11) is 1.53. The summed E-state index contributed by atoms with van der Waals surface area (Å²) in [5, 5.41) is 2.42. The van der Waals surface area contributed by atoms with Gasteiger partial charge < -0.3 is 19.5 Å². The Morgan fingerprint density at radius 3 is 2.91 bits per heavy atom. The lowest BCUT2D eigenvalue weighted by Crippen LogP contribution is -2.48. The maximum Gasteiger partial charge on any atom is 0.391 e. The van der Waals surface area contributed by atoms with E-state index in [9.17, 15) is 22.8 Å². The van der Waals surface area contributed by atoms with Crippen LogP contribution in [0.2, 0.25) is 0 Å². The number of urea groups is 1. The van der Waals surface area contributed by atoms with E-state index < -0.39 is 30.3 Å². The molecule has 1 aromatic heterocycles. The van der Waals surface area contributed by atoms with Crippen molar-refractivity contribution in [2.75, 3.05) is 25.0 Å². The number of nitrogens with one attached hydrogen (secondary N) is 1. The number of carbonyl (C=O) groups is 1. The minimum atomic E-state index is -4.35. The number of ether oxygens (including phenoxy) is 1. The molecule has 1 fully saturated rings. The number of nitrogens with zero attached hydrogens (tertiary/aromatic N) is 2. The maximum absolute atomic E-state index is 12.4. The summed E-state index contributed by atoms with van der Waals surface area (Å²) in [6.45, 7) is 0.0345. The first-order valence-corrected chi connectivity index (χ1v) is 6.66. The highest BCUT2D eigenvalue weighted by Crippen LogP contribution is 2.24. The van der Waals surface area contributed by atoms with Gasteiger partial charge in [-0.3, -0.25) is 4.79 Å². The zero-order valence-electron chi connectivity index (χ0n) is 11.9. The van der Waals surface area contributed by atoms with Gasteiger partial charge in [0, 0.05) is 26.3 Å². The number of anilines is 1. The predicted octanol–water partition coefficient (Wildman–Crippen LogP) is 1.57. The molecule has 0 radical (unpaired) electrons. The van der Waals surface area contributed by atoms with Crippen molar-refractivity contribution in [3.63, 3.8) is 0 Å². The van der Waals surface area contributed by atoms with Crippen molar-refractivity contribution in [2.45, 2.75) is 18.7 Å². The Kier molecular flexibility index (Phi) is 4.74. The molecule has 1 N–H and O–H groups in total. The number of pyridine rings is 1. The summed E-state index contributed by atoms with van der Waals surface area (Å²) in [6, 6.07) is 2.41. The highest BCUT2D eigenvalue weighted by molar-refractivity contribution is 5.89. The summed E-state index contributed by atoms with van der Waals surface area (Å²) in [6.07, 6.45) is -5.01. The molecule has 1 aromatic rings. The summed E-state index contributed by atoms with van der Waals surface area (Å²) in [5.41, 5.74) is -0.315. The number of aryl methyl sites for hydroxylation is 1. The van der Waals surface area contributed by atoms with Gasteiger partial charge in [-0.2, -0.15) is 13.2 Å². The van der Waals surface area contributed by atoms with E-state index in [1.54, 1.807) is 6.07 Å². The average molecular weight is 319 g/mol. The second-order valence-electron chi connectivity index (χ2n) is 5.03. The highest BCUT2D eigenvalue weighted by Gasteiger charge is 2.35. The molecule has 1 atom stereocenters. The molecule has 1 aliphatic rings. The lowest BCUT2D eigenvalue weighted by atomic mass is 10.2. The molecule has 0 aliphatic carbocycles. The largest absolute Gasteiger partial charge is 0.391 e. The van der Waals surface area contributed by atoms with Crippen LogP contribution in [0.3, 0.4) is 0 Å². The molecule has 2 amide bonds. The van der Waals surface area contributed by atoms with Crippen LogP contribution >= 0.6 is 0 Å². The third-order valence-electron chi connectivity index (χ3n) is 3.25. The number of hydrogen-bond acceptors (Lipinski definition) is 3. The van der Waals surface area contributed by atoms with Gasteiger partial charge in [0.2, 0.25) is 0 Å². The van der Waals surface area contributed by atoms with Crippen LogP contribution in [0.25, 0.3) is 0 Å². The van der Waals surface area contributed by atoms with Gasteiger partial charge >= 0.3 is 12.2 Å². The Labute approximate surface area is 124 Å². The van der Waals surface area contributed by atoms with E-state index in [1.165, 1.54) is 28.8 Å². The Morgan fingerprint density at radius 1 is 1.50 bits per heavy atom. The first-order valence-electron chi connectivity index (χ1n) is 6.66. The molecule has 0 spiro atoms. The number of carbonyl (C=O) groups excluding carboxylic acids is 1. The number of hydrogen-bond donors (Lipinski definition) is 1. The fraction of sp³-hybridized carbons (Fsp3) is 0.538. The lowest BCUT2D eigenvalue weighted by molar-refractivity contribution is -0.168. The molecule has 6 nitrogen and oxygen atoms in total. The second kappa shape index (κ2) is 6.39. The van der Waals surface area contributed by atoms with Crippen molar-refractivity contribution in [1.82, 2.24) is 9.47 Å². The third kappa shape index (κ3) is 4.23. The van der Waals surface area contributed by atoms with E-state index in [0.29, 0.717) is 0 Å². The minimum Gasteiger partial charge on any atom is -0.374 e. The molecule has 9 heteroatoms. The molecule has 0 saturated carbocycles. The van der Waals surface area contributed by atoms with Gasteiger partial charge in [0.05, 0.1) is 19.1 Å². The van der Waals surface area contributed by atoms with Gasteiger partial charge in [0.1, 0.15) is 5.69 Å². The number of aromatic nitrogens is 1. The van der Waals surface area contributed by atoms with Crippen LogP contribution < -0.4 is 10.9 Å². The van der Waals surface area contributed by atoms with E-state index in [4.69, 9.17) is 4.74 Å². The number of amides is 2. The molecule has 2 rings (SSSR count). The SMILES string of the molecule is Cn1cccc(NC(=O)N2CCOC(CC(F)(F)F)C2)c1=O. The summed E-state index contributed by atoms with van der Waals surface area (Å²) in [5.74, 6) is 0. The zero-order valence-corrected chi connectivity index (χ0v) is 11.9. The van der Waals surface area contributed by atoms with Gasteiger partial charge in [-0.05, 0) is 12.1 Å². The minimum absolute atomic E-state index is 0.0287. The van der Waals surface area contributed by atoms with Crippen LogP contribution in [0.4, 0.5) is 23.7 Å². The molecule has 0 bridgehead atoms. The molecular weight excluding hydrogens is 303 g/mol. The van der Waals surface area contributed by atoms with Gasteiger partial charge in [-0.25, -0.2) is 4.79 Å². The van der Waals surface area contributed by atoms with Crippen molar-refractivity contribution >= 4 is 11.7 Å². The van der Waals surface area contributed by atoms with Crippen molar-refractivity contribution in [3.05, 3.63) is 28.7 Å². The quantitative estimate of drug-likeness (QED) is 0.900. The standard InChI is InChI=1S/C13H16F3N3O3/c1-18-4-2-3-10(11(18)20)17-12(21)19-5-6-22-9(8-19)7-13(14,15)16/h2-4,9H,5-8H2,1H3,(H,17,21). The molecule has 1 saturated heterocycles. The third-order valence-corrected chi connectivity index (χ3v) is 3.25. The number of morpholine rings is 1. The topological polar surface area (TPSA) is 63.6 Å². The van der Waals surface area contributed by atoms with Crippen LogP contribution in [0.5, 0.6) is 0 Å². The average Bonchev–Trinajstić information content (AvgIpc) is 2.42. The molecule has 22 heavy (non-hydrogen) atoms. The van der Waals surface area contributed by atoms with Crippen LogP contribution in [0.1, 0.15) is 6.42 Å². The maximum atomic E-state index is 12.4. The zero-order chi connectivity index (χ0) is 16.3. The summed E-state index contributed by atoms with van der Waals surface area (Å²) >= 11 is 0. The highest BCUT2D eigenvalue weighted by atomic mass is 19.4. The number of halogens is 3. The number of rotatable bonds is 2. The summed E-state index contributed by atoms with van der Waals surface area (Å²) < 4.78 is 43.4. The van der Waals surface area contributed by atoms with Gasteiger partial charge in [-0.1, -0.05) is 0 Å². The molecule has 1 aliphatic heterocycles. The number of alkyl halides is 3. The van der Waals surface area contributed by atoms with E-state index in [-0.39, 0.29) is 25.4 Å². The lowest BCUT2D eigenvalue weighted by Gasteiger charge is -2.33. The van der Waals surface area contributed by atoms with E-state index in [1.807, 2.05) is 0 Å². The molecule has 122 valence electrons. The Bertz CT molecular complexity index is 600. The van der Waals surface area contributed by atoms with E-state index >= 15 is 0 Å². The fourth-order valence-corrected chi connectivity index (χ4v) is 2.17. The first-order chi connectivity index (χ1) is 10.3. The Hall–Kier alpha value is -2.03. The first kappa shape index (κ1) is 16.3. The van der Waals surface area contributed by atoms with Crippen molar-refractivity contribution < 1.29 is 22.7 Å². The monoisotopic (exact) mass is 319 g/mol. The predicted molar refractivity (Wildman–Crippen MR) is 72.7 cm³/mol. The Morgan fingerprint density at radius 2 is 2.23 bits per heavy atom. The normalized spacial score (nSPS) is 19.1. The molecule has 0 aromatic carbocycles. The summed E-state index contributed by atoms with van der Waals surface area (Å²) in [4.78, 5) is 25.1. The molecule has 2 heterocycles. The second-order valence-corrected chi connectivity index (χ2v) is 5.03. The molecule has 1 unspecified atom stereocenters. The van der Waals surface area contributed by atoms with E-state index in [0.717, 1.165) is 0 Å². The van der Waals surface area contributed by atoms with Crippen molar-refractivity contribution in [1.29, 1.82) is 0 Å². The van der Waals surface area contributed by atoms with Crippen LogP contribution in [0, 0.1) is 0 Å². The molecular formula is C13H16F3N3O3. The smallest absolute Gasteiger partial charge is 0.374 e. The van der Waals surface area contributed by atoms with Crippen LogP contribution in [-0.2, 0) is 11.8 Å². The van der Waals surface area contributed by atoms with Crippen molar-refractivity contribution in [2.24, 2.45) is 7.05 Å². The van der Waals surface area contributed by atoms with Gasteiger partial charge in [0.15, 0.2) is 0 Å². The fourth-order valence-electron chi connectivity index (χ4n) is 2.17. The van der Waals surface area contributed by atoms with Gasteiger partial charge in [0.25, 0.3) is 5.56 Å².